The van der Waals surface area contributed by atoms with Crippen molar-refractivity contribution >= 4 is 0 Å². The molecule has 2 aliphatic heterocycles. The summed E-state index contributed by atoms with van der Waals surface area (Å²) in [7, 11) is 0. The number of hydrogen-bond donors (Lipinski definition) is 2. The molecule has 0 spiro atoms. The predicted molar refractivity (Wildman–Crippen MR) is 57.3 cm³/mol. The highest BCUT2D eigenvalue weighted by Crippen LogP contribution is 2.13. The van der Waals surface area contributed by atoms with Gasteiger partial charge in [0, 0.05) is 19.1 Å². The van der Waals surface area contributed by atoms with E-state index in [9.17, 15) is 5.11 Å². The van der Waals surface area contributed by atoms with Gasteiger partial charge >= 0.3 is 0 Å². The molecule has 2 unspecified atom stereocenters. The predicted octanol–water partition coefficient (Wildman–Crippen LogP) is 0.585. The van der Waals surface area contributed by atoms with Gasteiger partial charge in [-0.1, -0.05) is 6.42 Å². The molecule has 0 aromatic heterocycles. The van der Waals surface area contributed by atoms with E-state index in [2.05, 4.69) is 10.2 Å². The van der Waals surface area contributed by atoms with Gasteiger partial charge < -0.3 is 15.3 Å². The Hall–Kier alpha value is -0.120. The fourth-order valence-electron chi connectivity index (χ4n) is 2.52. The molecule has 3 heteroatoms. The van der Waals surface area contributed by atoms with E-state index in [0.29, 0.717) is 0 Å². The number of nitrogens with zero attached hydrogens (tertiary/aromatic N) is 1. The molecule has 0 bridgehead atoms. The summed E-state index contributed by atoms with van der Waals surface area (Å²) in [6, 6.07) is 0.737. The summed E-state index contributed by atoms with van der Waals surface area (Å²) >= 11 is 0. The zero-order chi connectivity index (χ0) is 9.80. The van der Waals surface area contributed by atoms with E-state index < -0.39 is 0 Å². The monoisotopic (exact) mass is 198 g/mol. The average Bonchev–Trinajstić information content (AvgIpc) is 2.63. The van der Waals surface area contributed by atoms with Crippen molar-refractivity contribution in [3.63, 3.8) is 0 Å². The Balaban J connectivity index is 1.61. The molecule has 3 nitrogen and oxygen atoms in total. The molecule has 82 valence electrons. The lowest BCUT2D eigenvalue weighted by atomic mass is 10.0. The van der Waals surface area contributed by atoms with Crippen molar-refractivity contribution in [2.75, 3.05) is 26.2 Å². The molecule has 2 fully saturated rings. The van der Waals surface area contributed by atoms with Crippen molar-refractivity contribution in [2.45, 2.75) is 44.2 Å². The first-order valence-corrected chi connectivity index (χ1v) is 5.98. The summed E-state index contributed by atoms with van der Waals surface area (Å²) in [5, 5.41) is 12.9. The Labute approximate surface area is 86.5 Å². The third kappa shape index (κ3) is 2.94. The van der Waals surface area contributed by atoms with E-state index in [4.69, 9.17) is 0 Å². The molecular formula is C11H22N2O. The van der Waals surface area contributed by atoms with Gasteiger partial charge in [-0.15, -0.1) is 0 Å². The van der Waals surface area contributed by atoms with Gasteiger partial charge in [-0.05, 0) is 38.8 Å². The van der Waals surface area contributed by atoms with E-state index in [1.165, 1.54) is 32.2 Å². The van der Waals surface area contributed by atoms with E-state index in [1.54, 1.807) is 0 Å². The minimum atomic E-state index is -0.0608. The fourth-order valence-corrected chi connectivity index (χ4v) is 2.52. The maximum atomic E-state index is 9.38. The number of aliphatic hydroxyl groups excluding tert-OH is 1. The van der Waals surface area contributed by atoms with Gasteiger partial charge in [0.1, 0.15) is 0 Å². The molecule has 0 aromatic carbocycles. The summed E-state index contributed by atoms with van der Waals surface area (Å²) in [6.07, 6.45) is 6.25. The van der Waals surface area contributed by atoms with Crippen molar-refractivity contribution in [3.05, 3.63) is 0 Å². The standard InChI is InChI=1S/C11H22N2O/c14-11-5-8-13(9-11)7-4-10-3-1-2-6-12-10/h10-12,14H,1-9H2. The molecular weight excluding hydrogens is 176 g/mol. The van der Waals surface area contributed by atoms with E-state index in [1.807, 2.05) is 0 Å². The van der Waals surface area contributed by atoms with E-state index in [-0.39, 0.29) is 6.10 Å². The smallest absolute Gasteiger partial charge is 0.0679 e. The lowest BCUT2D eigenvalue weighted by Gasteiger charge is -2.25. The van der Waals surface area contributed by atoms with Crippen LogP contribution in [0.1, 0.15) is 32.1 Å². The van der Waals surface area contributed by atoms with Crippen molar-refractivity contribution in [2.24, 2.45) is 0 Å². The number of rotatable bonds is 3. The van der Waals surface area contributed by atoms with Gasteiger partial charge in [-0.25, -0.2) is 0 Å². The van der Waals surface area contributed by atoms with Crippen molar-refractivity contribution in [3.8, 4) is 0 Å². The van der Waals surface area contributed by atoms with Gasteiger partial charge in [0.2, 0.25) is 0 Å². The maximum absolute atomic E-state index is 9.38. The van der Waals surface area contributed by atoms with Crippen LogP contribution in [0.3, 0.4) is 0 Å². The number of hydrogen-bond acceptors (Lipinski definition) is 3. The highest BCUT2D eigenvalue weighted by Gasteiger charge is 2.21. The molecule has 2 aliphatic rings. The molecule has 2 atom stereocenters. The van der Waals surface area contributed by atoms with Crippen LogP contribution in [0.15, 0.2) is 0 Å². The lowest BCUT2D eigenvalue weighted by molar-refractivity contribution is 0.174. The third-order valence-corrected chi connectivity index (χ3v) is 3.45. The minimum Gasteiger partial charge on any atom is -0.392 e. The van der Waals surface area contributed by atoms with Crippen LogP contribution in [0.5, 0.6) is 0 Å². The number of nitrogens with one attached hydrogen (secondary N) is 1. The second kappa shape index (κ2) is 5.10. The number of piperidine rings is 1. The molecule has 0 radical (unpaired) electrons. The first kappa shape index (κ1) is 10.4. The van der Waals surface area contributed by atoms with Gasteiger partial charge in [-0.2, -0.15) is 0 Å². The van der Waals surface area contributed by atoms with Crippen LogP contribution in [0.25, 0.3) is 0 Å². The van der Waals surface area contributed by atoms with Gasteiger partial charge in [0.25, 0.3) is 0 Å². The van der Waals surface area contributed by atoms with Gasteiger partial charge in [0.15, 0.2) is 0 Å². The zero-order valence-electron chi connectivity index (χ0n) is 8.91. The molecule has 0 aliphatic carbocycles. The topological polar surface area (TPSA) is 35.5 Å². The van der Waals surface area contributed by atoms with Gasteiger partial charge in [-0.3, -0.25) is 0 Å². The molecule has 14 heavy (non-hydrogen) atoms. The van der Waals surface area contributed by atoms with Crippen LogP contribution in [0.4, 0.5) is 0 Å². The SMILES string of the molecule is OC1CCN(CCC2CCCCN2)C1. The van der Waals surface area contributed by atoms with Crippen LogP contribution < -0.4 is 5.32 Å². The minimum absolute atomic E-state index is 0.0608. The first-order chi connectivity index (χ1) is 6.84. The van der Waals surface area contributed by atoms with Crippen LogP contribution >= 0.6 is 0 Å². The Morgan fingerprint density at radius 3 is 2.86 bits per heavy atom. The maximum Gasteiger partial charge on any atom is 0.0679 e. The van der Waals surface area contributed by atoms with Crippen LogP contribution in [0.2, 0.25) is 0 Å². The molecule has 2 saturated heterocycles. The number of β-amino-alcohol motifs (C(OH)–C–C–N with tert-alkyl or cyclic N) is 1. The second-order valence-electron chi connectivity index (χ2n) is 4.68. The summed E-state index contributed by atoms with van der Waals surface area (Å²) < 4.78 is 0. The van der Waals surface area contributed by atoms with Crippen LogP contribution in [-0.2, 0) is 0 Å². The lowest BCUT2D eigenvalue weighted by Crippen LogP contribution is -2.37. The summed E-state index contributed by atoms with van der Waals surface area (Å²) in [6.45, 7) is 4.35. The number of likely N-dealkylation sites (tertiary alicyclic amines) is 1. The van der Waals surface area contributed by atoms with Gasteiger partial charge in [0.05, 0.1) is 6.10 Å². The molecule has 0 aromatic rings. The second-order valence-corrected chi connectivity index (χ2v) is 4.68. The normalized spacial score (nSPS) is 34.9. The van der Waals surface area contributed by atoms with E-state index >= 15 is 0 Å². The molecule has 0 amide bonds. The summed E-state index contributed by atoms with van der Waals surface area (Å²) in [5.41, 5.74) is 0. The highest BCUT2D eigenvalue weighted by atomic mass is 16.3. The Kier molecular flexibility index (Phi) is 3.79. The third-order valence-electron chi connectivity index (χ3n) is 3.45. The molecule has 0 saturated carbocycles. The summed E-state index contributed by atoms with van der Waals surface area (Å²) in [4.78, 5) is 2.39. The Bertz CT molecular complexity index is 164. The average molecular weight is 198 g/mol. The summed E-state index contributed by atoms with van der Waals surface area (Å²) in [5.74, 6) is 0. The van der Waals surface area contributed by atoms with Crippen molar-refractivity contribution < 1.29 is 5.11 Å². The van der Waals surface area contributed by atoms with Crippen LogP contribution in [0, 0.1) is 0 Å². The Morgan fingerprint density at radius 1 is 1.29 bits per heavy atom. The van der Waals surface area contributed by atoms with Crippen LogP contribution in [-0.4, -0.2) is 48.3 Å². The molecule has 2 rings (SSSR count). The highest BCUT2D eigenvalue weighted by molar-refractivity contribution is 4.78. The molecule has 2 heterocycles. The van der Waals surface area contributed by atoms with Crippen molar-refractivity contribution in [1.82, 2.24) is 10.2 Å². The van der Waals surface area contributed by atoms with E-state index in [0.717, 1.165) is 32.1 Å². The first-order valence-electron chi connectivity index (χ1n) is 5.98. The number of aliphatic hydroxyl groups is 1. The van der Waals surface area contributed by atoms with Crippen molar-refractivity contribution in [1.29, 1.82) is 0 Å². The fraction of sp³-hybridized carbons (Fsp3) is 1.00. The molecule has 2 N–H and O–H groups in total. The largest absolute Gasteiger partial charge is 0.392 e. The Morgan fingerprint density at radius 2 is 2.21 bits per heavy atom. The quantitative estimate of drug-likeness (QED) is 0.696. The zero-order valence-corrected chi connectivity index (χ0v) is 8.91.